The highest BCUT2D eigenvalue weighted by molar-refractivity contribution is 14.0. The summed E-state index contributed by atoms with van der Waals surface area (Å²) < 4.78 is 11.3. The fraction of sp³-hybridized carbons (Fsp3) is 0.708. The molecule has 0 aromatic heterocycles. The first-order chi connectivity index (χ1) is 15.3. The predicted molar refractivity (Wildman–Crippen MR) is 142 cm³/mol. The van der Waals surface area contributed by atoms with Gasteiger partial charge in [-0.15, -0.1) is 24.0 Å². The van der Waals surface area contributed by atoms with Gasteiger partial charge in [0.05, 0.1) is 12.7 Å². The van der Waals surface area contributed by atoms with Gasteiger partial charge in [0.1, 0.15) is 0 Å². The zero-order chi connectivity index (χ0) is 21.6. The van der Waals surface area contributed by atoms with Crippen LogP contribution < -0.4 is 10.6 Å². The van der Waals surface area contributed by atoms with Crippen LogP contribution in [0.15, 0.2) is 35.3 Å². The Labute approximate surface area is 211 Å². The van der Waals surface area contributed by atoms with Gasteiger partial charge < -0.3 is 25.0 Å². The molecule has 1 atom stereocenters. The highest BCUT2D eigenvalue weighted by Gasteiger charge is 2.16. The summed E-state index contributed by atoms with van der Waals surface area (Å²) in [6, 6.07) is 10.8. The van der Waals surface area contributed by atoms with E-state index in [0.29, 0.717) is 6.10 Å². The summed E-state index contributed by atoms with van der Waals surface area (Å²) in [5.41, 5.74) is 1.41. The fourth-order valence-corrected chi connectivity index (χ4v) is 4.11. The molecule has 2 aliphatic rings. The van der Waals surface area contributed by atoms with E-state index in [-0.39, 0.29) is 24.0 Å². The first-order valence-electron chi connectivity index (χ1n) is 12.0. The molecular formula is C24H42IN5O2. The molecule has 2 saturated heterocycles. The molecule has 0 radical (unpaired) electrons. The number of halogens is 1. The van der Waals surface area contributed by atoms with Gasteiger partial charge in [-0.05, 0) is 37.8 Å². The number of guanidine groups is 1. The third-order valence-corrected chi connectivity index (χ3v) is 5.97. The highest BCUT2D eigenvalue weighted by atomic mass is 127. The van der Waals surface area contributed by atoms with Crippen molar-refractivity contribution in [3.05, 3.63) is 35.9 Å². The van der Waals surface area contributed by atoms with Crippen LogP contribution in [0, 0.1) is 0 Å². The van der Waals surface area contributed by atoms with Gasteiger partial charge in [-0.25, -0.2) is 0 Å². The second-order valence-electron chi connectivity index (χ2n) is 8.45. The third-order valence-electron chi connectivity index (χ3n) is 5.97. The van der Waals surface area contributed by atoms with Crippen LogP contribution in [0.3, 0.4) is 0 Å². The van der Waals surface area contributed by atoms with E-state index in [2.05, 4.69) is 55.8 Å². The van der Waals surface area contributed by atoms with Crippen molar-refractivity contribution in [1.29, 1.82) is 0 Å². The Morgan fingerprint density at radius 2 is 1.78 bits per heavy atom. The van der Waals surface area contributed by atoms with Crippen molar-refractivity contribution >= 4 is 29.9 Å². The average molecular weight is 560 g/mol. The zero-order valence-electron chi connectivity index (χ0n) is 19.6. The van der Waals surface area contributed by atoms with E-state index in [1.54, 1.807) is 0 Å². The summed E-state index contributed by atoms with van der Waals surface area (Å²) >= 11 is 0. The molecule has 0 bridgehead atoms. The maximum atomic E-state index is 5.71. The summed E-state index contributed by atoms with van der Waals surface area (Å²) in [4.78, 5) is 9.45. The summed E-state index contributed by atoms with van der Waals surface area (Å²) in [5.74, 6) is 0.881. The number of nitrogens with one attached hydrogen (secondary N) is 2. The number of aliphatic imine (C=N–C) groups is 1. The minimum atomic E-state index is 0. The van der Waals surface area contributed by atoms with E-state index in [4.69, 9.17) is 9.47 Å². The second kappa shape index (κ2) is 16.6. The molecule has 1 aromatic rings. The van der Waals surface area contributed by atoms with Crippen LogP contribution in [-0.4, -0.2) is 94.5 Å². The Morgan fingerprint density at radius 3 is 2.47 bits per heavy atom. The molecule has 2 fully saturated rings. The quantitative estimate of drug-likeness (QED) is 0.178. The lowest BCUT2D eigenvalue weighted by molar-refractivity contribution is 0.0168. The lowest BCUT2D eigenvalue weighted by atomic mass is 10.2. The van der Waals surface area contributed by atoms with E-state index < -0.39 is 0 Å². The molecular weight excluding hydrogens is 517 g/mol. The monoisotopic (exact) mass is 559 g/mol. The zero-order valence-corrected chi connectivity index (χ0v) is 22.0. The van der Waals surface area contributed by atoms with Crippen molar-refractivity contribution in [1.82, 2.24) is 20.4 Å². The maximum Gasteiger partial charge on any atom is 0.190 e. The maximum absolute atomic E-state index is 5.71. The van der Waals surface area contributed by atoms with Gasteiger partial charge in [0.25, 0.3) is 0 Å². The van der Waals surface area contributed by atoms with Crippen molar-refractivity contribution in [2.75, 3.05) is 72.7 Å². The van der Waals surface area contributed by atoms with Crippen LogP contribution in [-0.2, 0) is 16.0 Å². The first-order valence-corrected chi connectivity index (χ1v) is 12.0. The van der Waals surface area contributed by atoms with Crippen molar-refractivity contribution < 1.29 is 9.47 Å². The molecule has 32 heavy (non-hydrogen) atoms. The van der Waals surface area contributed by atoms with Gasteiger partial charge in [-0.3, -0.25) is 9.89 Å². The molecule has 1 unspecified atom stereocenters. The summed E-state index contributed by atoms with van der Waals surface area (Å²) in [6.45, 7) is 11.0. The molecule has 2 N–H and O–H groups in total. The van der Waals surface area contributed by atoms with Crippen molar-refractivity contribution in [3.63, 3.8) is 0 Å². The topological polar surface area (TPSA) is 61.4 Å². The van der Waals surface area contributed by atoms with Gasteiger partial charge in [0.15, 0.2) is 5.96 Å². The van der Waals surface area contributed by atoms with Gasteiger partial charge in [-0.1, -0.05) is 30.3 Å². The number of piperazine rings is 1. The first kappa shape index (κ1) is 27.3. The molecule has 1 aromatic carbocycles. The fourth-order valence-electron chi connectivity index (χ4n) is 4.11. The third kappa shape index (κ3) is 10.8. The molecule has 0 saturated carbocycles. The van der Waals surface area contributed by atoms with Crippen LogP contribution in [0.2, 0.25) is 0 Å². The summed E-state index contributed by atoms with van der Waals surface area (Å²) in [5, 5.41) is 6.80. The normalized spacial score (nSPS) is 20.2. The summed E-state index contributed by atoms with van der Waals surface area (Å²) in [7, 11) is 1.83. The molecule has 182 valence electrons. The number of hydrogen-bond donors (Lipinski definition) is 2. The average Bonchev–Trinajstić information content (AvgIpc) is 3.33. The molecule has 2 aliphatic heterocycles. The standard InChI is InChI=1S/C24H41N5O2.HI/c1-25-24(27-12-7-18-30-21-23-10-5-19-31-23)26-11-6-13-28-14-16-29(17-15-28)20-22-8-3-2-4-9-22;/h2-4,8-9,23H,5-7,10-21H2,1H3,(H2,25,26,27);1H. The molecule has 2 heterocycles. The lowest BCUT2D eigenvalue weighted by Crippen LogP contribution is -2.46. The Hall–Kier alpha value is -0.940. The molecule has 3 rings (SSSR count). The Kier molecular flexibility index (Phi) is 14.2. The van der Waals surface area contributed by atoms with Crippen LogP contribution >= 0.6 is 24.0 Å². The van der Waals surface area contributed by atoms with Gasteiger partial charge in [-0.2, -0.15) is 0 Å². The summed E-state index contributed by atoms with van der Waals surface area (Å²) in [6.07, 6.45) is 4.72. The largest absolute Gasteiger partial charge is 0.379 e. The number of ether oxygens (including phenoxy) is 2. The number of hydrogen-bond acceptors (Lipinski definition) is 5. The second-order valence-corrected chi connectivity index (χ2v) is 8.45. The molecule has 8 heteroatoms. The smallest absolute Gasteiger partial charge is 0.190 e. The van der Waals surface area contributed by atoms with Crippen molar-refractivity contribution in [2.24, 2.45) is 4.99 Å². The molecule has 0 spiro atoms. The van der Waals surface area contributed by atoms with E-state index in [1.165, 1.54) is 12.0 Å². The van der Waals surface area contributed by atoms with E-state index >= 15 is 0 Å². The van der Waals surface area contributed by atoms with Crippen LogP contribution in [0.1, 0.15) is 31.2 Å². The number of nitrogens with zero attached hydrogens (tertiary/aromatic N) is 3. The highest BCUT2D eigenvalue weighted by Crippen LogP contribution is 2.12. The van der Waals surface area contributed by atoms with Crippen molar-refractivity contribution in [2.45, 2.75) is 38.3 Å². The van der Waals surface area contributed by atoms with Crippen LogP contribution in [0.4, 0.5) is 0 Å². The van der Waals surface area contributed by atoms with Crippen molar-refractivity contribution in [3.8, 4) is 0 Å². The lowest BCUT2D eigenvalue weighted by Gasteiger charge is -2.34. The van der Waals surface area contributed by atoms with E-state index in [1.807, 2.05) is 7.05 Å². The molecule has 7 nitrogen and oxygen atoms in total. The number of benzene rings is 1. The Morgan fingerprint density at radius 1 is 1.06 bits per heavy atom. The van der Waals surface area contributed by atoms with Gasteiger partial charge in [0.2, 0.25) is 0 Å². The van der Waals surface area contributed by atoms with Crippen LogP contribution in [0.5, 0.6) is 0 Å². The number of rotatable bonds is 12. The Balaban J connectivity index is 0.00000363. The van der Waals surface area contributed by atoms with Gasteiger partial charge >= 0.3 is 0 Å². The van der Waals surface area contributed by atoms with E-state index in [9.17, 15) is 0 Å². The van der Waals surface area contributed by atoms with Gasteiger partial charge in [0, 0.05) is 66.1 Å². The minimum absolute atomic E-state index is 0. The predicted octanol–water partition coefficient (Wildman–Crippen LogP) is 2.56. The minimum Gasteiger partial charge on any atom is -0.379 e. The molecule has 0 amide bonds. The SMILES string of the molecule is CN=C(NCCCOCC1CCCO1)NCCCN1CCN(Cc2ccccc2)CC1.I. The Bertz CT molecular complexity index is 620. The van der Waals surface area contributed by atoms with Crippen LogP contribution in [0.25, 0.3) is 0 Å². The van der Waals surface area contributed by atoms with E-state index in [0.717, 1.165) is 97.4 Å². The molecule has 0 aliphatic carbocycles.